The van der Waals surface area contributed by atoms with Crippen molar-refractivity contribution in [3.8, 4) is 5.75 Å². The number of rotatable bonds is 6. The predicted molar refractivity (Wildman–Crippen MR) is 89.3 cm³/mol. The molecule has 4 heteroatoms. The summed E-state index contributed by atoms with van der Waals surface area (Å²) >= 11 is 6.08. The van der Waals surface area contributed by atoms with Gasteiger partial charge in [0, 0.05) is 23.2 Å². The van der Waals surface area contributed by atoms with Gasteiger partial charge >= 0.3 is 0 Å². The van der Waals surface area contributed by atoms with Crippen molar-refractivity contribution in [2.45, 2.75) is 32.0 Å². The lowest BCUT2D eigenvalue weighted by molar-refractivity contribution is 0.302. The Labute approximate surface area is 136 Å². The van der Waals surface area contributed by atoms with Gasteiger partial charge in [0.2, 0.25) is 0 Å². The van der Waals surface area contributed by atoms with Crippen LogP contribution in [0.25, 0.3) is 0 Å². The summed E-state index contributed by atoms with van der Waals surface area (Å²) in [6, 6.07) is 16.7. The Morgan fingerprint density at radius 3 is 2.57 bits per heavy atom. The predicted octanol–water partition coefficient (Wildman–Crippen LogP) is 4.59. The molecule has 1 fully saturated rings. The zero-order chi connectivity index (χ0) is 13.8. The van der Waals surface area contributed by atoms with Crippen molar-refractivity contribution in [3.05, 3.63) is 64.7 Å². The molecule has 0 heterocycles. The van der Waals surface area contributed by atoms with E-state index in [0.29, 0.717) is 12.6 Å². The van der Waals surface area contributed by atoms with E-state index in [1.165, 1.54) is 18.4 Å². The summed E-state index contributed by atoms with van der Waals surface area (Å²) in [7, 11) is 0. The molecule has 0 saturated heterocycles. The summed E-state index contributed by atoms with van der Waals surface area (Å²) in [5.74, 6) is 0.909. The molecule has 0 bridgehead atoms. The first-order chi connectivity index (χ1) is 9.81. The van der Waals surface area contributed by atoms with Crippen LogP contribution in [0.3, 0.4) is 0 Å². The largest absolute Gasteiger partial charge is 0.489 e. The first-order valence-electron chi connectivity index (χ1n) is 7.00. The van der Waals surface area contributed by atoms with Gasteiger partial charge in [0.15, 0.2) is 0 Å². The fourth-order valence-corrected chi connectivity index (χ4v) is 2.30. The molecule has 2 nitrogen and oxygen atoms in total. The minimum absolute atomic E-state index is 0. The molecule has 0 amide bonds. The van der Waals surface area contributed by atoms with Crippen LogP contribution in [0, 0.1) is 0 Å². The molecule has 1 N–H and O–H groups in total. The number of hydrogen-bond donors (Lipinski definition) is 1. The lowest BCUT2D eigenvalue weighted by Gasteiger charge is -2.12. The second-order valence-corrected chi connectivity index (χ2v) is 5.62. The Bertz CT molecular complexity index is 570. The van der Waals surface area contributed by atoms with E-state index in [-0.39, 0.29) is 12.4 Å². The average Bonchev–Trinajstić information content (AvgIpc) is 3.29. The highest BCUT2D eigenvalue weighted by molar-refractivity contribution is 6.30. The fraction of sp³-hybridized carbons (Fsp3) is 0.294. The van der Waals surface area contributed by atoms with Gasteiger partial charge < -0.3 is 10.1 Å². The number of hydrogen-bond acceptors (Lipinski definition) is 2. The average molecular weight is 324 g/mol. The summed E-state index contributed by atoms with van der Waals surface area (Å²) in [6.07, 6.45) is 2.56. The summed E-state index contributed by atoms with van der Waals surface area (Å²) < 4.78 is 5.93. The lowest BCUT2D eigenvalue weighted by atomic mass is 10.2. The van der Waals surface area contributed by atoms with E-state index < -0.39 is 0 Å². The van der Waals surface area contributed by atoms with Crippen molar-refractivity contribution >= 4 is 24.0 Å². The molecule has 2 aromatic carbocycles. The van der Waals surface area contributed by atoms with Crippen molar-refractivity contribution in [1.82, 2.24) is 5.32 Å². The first-order valence-corrected chi connectivity index (χ1v) is 7.37. The molecular weight excluding hydrogens is 305 g/mol. The molecule has 0 aromatic heterocycles. The standard InChI is InChI=1S/C17H18ClNO.ClH/c18-15-6-9-17(14(10-15)11-19-16-7-8-16)20-12-13-4-2-1-3-5-13;/h1-6,9-10,16,19H,7-8,11-12H2;1H. The van der Waals surface area contributed by atoms with Crippen molar-refractivity contribution in [2.24, 2.45) is 0 Å². The molecule has 1 aliphatic rings. The van der Waals surface area contributed by atoms with Crippen LogP contribution in [0.1, 0.15) is 24.0 Å². The molecule has 0 atom stereocenters. The van der Waals surface area contributed by atoms with Gasteiger partial charge in [0.1, 0.15) is 12.4 Å². The minimum atomic E-state index is 0. The molecular formula is C17H19Cl2NO. The van der Waals surface area contributed by atoms with Crippen LogP contribution >= 0.6 is 24.0 Å². The molecule has 21 heavy (non-hydrogen) atoms. The van der Waals surface area contributed by atoms with Crippen LogP contribution in [-0.2, 0) is 13.2 Å². The molecule has 0 unspecified atom stereocenters. The topological polar surface area (TPSA) is 21.3 Å². The quantitative estimate of drug-likeness (QED) is 0.839. The Kier molecular flexibility index (Phi) is 5.92. The molecule has 2 aromatic rings. The van der Waals surface area contributed by atoms with Gasteiger partial charge in [-0.2, -0.15) is 0 Å². The van der Waals surface area contributed by atoms with Crippen molar-refractivity contribution in [1.29, 1.82) is 0 Å². The van der Waals surface area contributed by atoms with Gasteiger partial charge in [0.05, 0.1) is 0 Å². The second kappa shape index (κ2) is 7.69. The third kappa shape index (κ3) is 4.92. The van der Waals surface area contributed by atoms with E-state index in [4.69, 9.17) is 16.3 Å². The van der Waals surface area contributed by atoms with E-state index in [0.717, 1.165) is 22.9 Å². The van der Waals surface area contributed by atoms with Gasteiger partial charge in [-0.25, -0.2) is 0 Å². The normalized spacial score (nSPS) is 13.6. The molecule has 112 valence electrons. The highest BCUT2D eigenvalue weighted by atomic mass is 35.5. The second-order valence-electron chi connectivity index (χ2n) is 5.18. The van der Waals surface area contributed by atoms with Crippen LogP contribution in [0.5, 0.6) is 5.75 Å². The number of nitrogens with one attached hydrogen (secondary N) is 1. The summed E-state index contributed by atoms with van der Waals surface area (Å²) in [6.45, 7) is 1.40. The summed E-state index contributed by atoms with van der Waals surface area (Å²) in [4.78, 5) is 0. The Hall–Kier alpha value is -1.22. The molecule has 0 radical (unpaired) electrons. The summed E-state index contributed by atoms with van der Waals surface area (Å²) in [5.41, 5.74) is 2.30. The SMILES string of the molecule is Cl.Clc1ccc(OCc2ccccc2)c(CNC2CC2)c1. The maximum absolute atomic E-state index is 6.08. The zero-order valence-electron chi connectivity index (χ0n) is 11.7. The molecule has 1 saturated carbocycles. The van der Waals surface area contributed by atoms with Gasteiger partial charge in [-0.15, -0.1) is 12.4 Å². The number of benzene rings is 2. The molecule has 0 aliphatic heterocycles. The Morgan fingerprint density at radius 2 is 1.86 bits per heavy atom. The monoisotopic (exact) mass is 323 g/mol. The fourth-order valence-electron chi connectivity index (χ4n) is 2.10. The Morgan fingerprint density at radius 1 is 1.10 bits per heavy atom. The Balaban J connectivity index is 0.00000161. The summed E-state index contributed by atoms with van der Waals surface area (Å²) in [5, 5.41) is 4.25. The molecule has 3 rings (SSSR count). The van der Waals surface area contributed by atoms with E-state index in [2.05, 4.69) is 17.4 Å². The van der Waals surface area contributed by atoms with Crippen LogP contribution in [0.4, 0.5) is 0 Å². The van der Waals surface area contributed by atoms with Crippen LogP contribution in [0.15, 0.2) is 48.5 Å². The van der Waals surface area contributed by atoms with Gasteiger partial charge in [-0.3, -0.25) is 0 Å². The first kappa shape index (κ1) is 16.2. The van der Waals surface area contributed by atoms with Gasteiger partial charge in [-0.1, -0.05) is 41.9 Å². The van der Waals surface area contributed by atoms with E-state index in [9.17, 15) is 0 Å². The van der Waals surface area contributed by atoms with E-state index >= 15 is 0 Å². The maximum Gasteiger partial charge on any atom is 0.124 e. The van der Waals surface area contributed by atoms with Crippen LogP contribution in [0.2, 0.25) is 5.02 Å². The van der Waals surface area contributed by atoms with Gasteiger partial charge in [0.25, 0.3) is 0 Å². The third-order valence-corrected chi connectivity index (χ3v) is 3.65. The molecule has 1 aliphatic carbocycles. The highest BCUT2D eigenvalue weighted by Gasteiger charge is 2.20. The number of ether oxygens (including phenoxy) is 1. The molecule has 0 spiro atoms. The van der Waals surface area contributed by atoms with Gasteiger partial charge in [-0.05, 0) is 36.6 Å². The van der Waals surface area contributed by atoms with Crippen molar-refractivity contribution < 1.29 is 4.74 Å². The van der Waals surface area contributed by atoms with Crippen molar-refractivity contribution in [3.63, 3.8) is 0 Å². The van der Waals surface area contributed by atoms with Crippen molar-refractivity contribution in [2.75, 3.05) is 0 Å². The maximum atomic E-state index is 6.08. The lowest BCUT2D eigenvalue weighted by Crippen LogP contribution is -2.16. The minimum Gasteiger partial charge on any atom is -0.489 e. The van der Waals surface area contributed by atoms with Crippen LogP contribution < -0.4 is 10.1 Å². The highest BCUT2D eigenvalue weighted by Crippen LogP contribution is 2.26. The zero-order valence-corrected chi connectivity index (χ0v) is 13.3. The third-order valence-electron chi connectivity index (χ3n) is 3.42. The smallest absolute Gasteiger partial charge is 0.124 e. The van der Waals surface area contributed by atoms with E-state index in [1.807, 2.05) is 36.4 Å². The van der Waals surface area contributed by atoms with Crippen LogP contribution in [-0.4, -0.2) is 6.04 Å². The number of halogens is 2. The van der Waals surface area contributed by atoms with E-state index in [1.54, 1.807) is 0 Å².